The van der Waals surface area contributed by atoms with E-state index in [1.54, 1.807) is 11.8 Å². The lowest BCUT2D eigenvalue weighted by molar-refractivity contribution is -0.118. The molecule has 0 fully saturated rings. The second kappa shape index (κ2) is 8.10. The summed E-state index contributed by atoms with van der Waals surface area (Å²) in [6.45, 7) is 2.41. The standard InChI is InChI=1S/C11H16N2O3S2/c1-2-3-4-17-7-9(14)12-5-10-13-8(6-18-10)11(15)16/h6H,2-5,7H2,1H3,(H,12,14)(H,15,16). The van der Waals surface area contributed by atoms with Gasteiger partial charge in [0, 0.05) is 5.38 Å². The van der Waals surface area contributed by atoms with Gasteiger partial charge in [-0.15, -0.1) is 11.3 Å². The first-order chi connectivity index (χ1) is 8.63. The molecule has 7 heteroatoms. The van der Waals surface area contributed by atoms with E-state index in [-0.39, 0.29) is 11.6 Å². The van der Waals surface area contributed by atoms with Crippen LogP contribution >= 0.6 is 23.1 Å². The topological polar surface area (TPSA) is 79.3 Å². The van der Waals surface area contributed by atoms with Crippen molar-refractivity contribution < 1.29 is 14.7 Å². The van der Waals surface area contributed by atoms with Crippen LogP contribution in [0.15, 0.2) is 5.38 Å². The van der Waals surface area contributed by atoms with E-state index in [9.17, 15) is 9.59 Å². The van der Waals surface area contributed by atoms with Crippen LogP contribution in [0.4, 0.5) is 0 Å². The van der Waals surface area contributed by atoms with E-state index in [4.69, 9.17) is 5.11 Å². The zero-order valence-corrected chi connectivity index (χ0v) is 11.8. The average molecular weight is 288 g/mol. The number of carboxylic acid groups (broad SMARTS) is 1. The molecular weight excluding hydrogens is 272 g/mol. The van der Waals surface area contributed by atoms with Crippen molar-refractivity contribution in [1.29, 1.82) is 0 Å². The maximum atomic E-state index is 11.4. The molecule has 0 aliphatic heterocycles. The molecule has 0 saturated heterocycles. The van der Waals surface area contributed by atoms with Crippen LogP contribution in [0.25, 0.3) is 0 Å². The van der Waals surface area contributed by atoms with Crippen LogP contribution in [-0.2, 0) is 11.3 Å². The molecule has 0 bridgehead atoms. The number of thioether (sulfide) groups is 1. The quantitative estimate of drug-likeness (QED) is 0.715. The van der Waals surface area contributed by atoms with E-state index < -0.39 is 5.97 Å². The number of nitrogens with zero attached hydrogens (tertiary/aromatic N) is 1. The summed E-state index contributed by atoms with van der Waals surface area (Å²) in [5.74, 6) is 0.351. The number of nitrogens with one attached hydrogen (secondary N) is 1. The minimum absolute atomic E-state index is 0.0292. The number of carbonyl (C=O) groups excluding carboxylic acids is 1. The zero-order chi connectivity index (χ0) is 13.4. The summed E-state index contributed by atoms with van der Waals surface area (Å²) in [5, 5.41) is 13.5. The van der Waals surface area contributed by atoms with Gasteiger partial charge < -0.3 is 10.4 Å². The highest BCUT2D eigenvalue weighted by Crippen LogP contribution is 2.09. The third-order valence-corrected chi connectivity index (χ3v) is 3.98. The Balaban J connectivity index is 2.23. The van der Waals surface area contributed by atoms with Crippen LogP contribution in [0, 0.1) is 0 Å². The first-order valence-corrected chi connectivity index (χ1v) is 7.69. The van der Waals surface area contributed by atoms with Crippen LogP contribution in [-0.4, -0.2) is 33.5 Å². The number of aromatic nitrogens is 1. The fourth-order valence-corrected chi connectivity index (χ4v) is 2.76. The predicted octanol–water partition coefficient (Wildman–Crippen LogP) is 1.99. The fourth-order valence-electron chi connectivity index (χ4n) is 1.13. The fraction of sp³-hybridized carbons (Fsp3) is 0.545. The molecular formula is C11H16N2O3S2. The number of carboxylic acids is 1. The number of rotatable bonds is 8. The first kappa shape index (κ1) is 15.0. The highest BCUT2D eigenvalue weighted by Gasteiger charge is 2.09. The molecule has 1 aromatic rings. The van der Waals surface area contributed by atoms with Crippen molar-refractivity contribution >= 4 is 35.0 Å². The molecule has 0 radical (unpaired) electrons. The van der Waals surface area contributed by atoms with Gasteiger partial charge in [0.05, 0.1) is 12.3 Å². The first-order valence-electron chi connectivity index (χ1n) is 5.65. The van der Waals surface area contributed by atoms with E-state index >= 15 is 0 Å². The van der Waals surface area contributed by atoms with Gasteiger partial charge in [0.15, 0.2) is 5.69 Å². The molecule has 1 heterocycles. The van der Waals surface area contributed by atoms with Gasteiger partial charge in [0.1, 0.15) is 5.01 Å². The maximum absolute atomic E-state index is 11.4. The minimum Gasteiger partial charge on any atom is -0.476 e. The van der Waals surface area contributed by atoms with E-state index in [1.807, 2.05) is 0 Å². The minimum atomic E-state index is -1.04. The van der Waals surface area contributed by atoms with E-state index in [0.29, 0.717) is 17.3 Å². The molecule has 1 rings (SSSR count). The lowest BCUT2D eigenvalue weighted by Gasteiger charge is -2.02. The molecule has 18 heavy (non-hydrogen) atoms. The number of hydrogen-bond acceptors (Lipinski definition) is 5. The largest absolute Gasteiger partial charge is 0.476 e. The number of thiazole rings is 1. The Morgan fingerprint density at radius 1 is 1.56 bits per heavy atom. The Labute approximate surface area is 114 Å². The summed E-state index contributed by atoms with van der Waals surface area (Å²) in [7, 11) is 0. The van der Waals surface area contributed by atoms with Gasteiger partial charge in [-0.25, -0.2) is 9.78 Å². The van der Waals surface area contributed by atoms with Crippen molar-refractivity contribution in [3.63, 3.8) is 0 Å². The number of hydrogen-bond donors (Lipinski definition) is 2. The highest BCUT2D eigenvalue weighted by atomic mass is 32.2. The van der Waals surface area contributed by atoms with Gasteiger partial charge in [-0.1, -0.05) is 13.3 Å². The van der Waals surface area contributed by atoms with Crippen LogP contribution in [0.5, 0.6) is 0 Å². The van der Waals surface area contributed by atoms with E-state index in [2.05, 4.69) is 17.2 Å². The number of carbonyl (C=O) groups is 2. The molecule has 1 aromatic heterocycles. The molecule has 0 atom stereocenters. The summed E-state index contributed by atoms with van der Waals surface area (Å²) in [6, 6.07) is 0. The molecule has 0 spiro atoms. The van der Waals surface area contributed by atoms with Gasteiger partial charge >= 0.3 is 5.97 Å². The van der Waals surface area contributed by atoms with Crippen molar-refractivity contribution in [3.8, 4) is 0 Å². The smallest absolute Gasteiger partial charge is 0.355 e. The second-order valence-corrected chi connectivity index (χ2v) is 5.66. The summed E-state index contributed by atoms with van der Waals surface area (Å²) in [4.78, 5) is 25.9. The Morgan fingerprint density at radius 2 is 2.33 bits per heavy atom. The molecule has 0 aliphatic carbocycles. The Bertz CT molecular complexity index is 407. The van der Waals surface area contributed by atoms with Crippen molar-refractivity contribution in [2.45, 2.75) is 26.3 Å². The summed E-state index contributed by atoms with van der Waals surface area (Å²) < 4.78 is 0. The Hall–Kier alpha value is -1.08. The van der Waals surface area contributed by atoms with Gasteiger partial charge in [0.25, 0.3) is 0 Å². The maximum Gasteiger partial charge on any atom is 0.355 e. The van der Waals surface area contributed by atoms with Crippen LogP contribution in [0.3, 0.4) is 0 Å². The Morgan fingerprint density at radius 3 is 2.94 bits per heavy atom. The number of aromatic carboxylic acids is 1. The van der Waals surface area contributed by atoms with Crippen molar-refractivity contribution in [3.05, 3.63) is 16.1 Å². The summed E-state index contributed by atoms with van der Waals surface area (Å²) in [6.07, 6.45) is 2.25. The van der Waals surface area contributed by atoms with E-state index in [1.165, 1.54) is 16.7 Å². The summed E-state index contributed by atoms with van der Waals surface area (Å²) >= 11 is 2.85. The lowest BCUT2D eigenvalue weighted by atomic mass is 10.4. The van der Waals surface area contributed by atoms with Crippen molar-refractivity contribution in [2.24, 2.45) is 0 Å². The molecule has 0 aliphatic rings. The number of unbranched alkanes of at least 4 members (excludes halogenated alkanes) is 1. The van der Waals surface area contributed by atoms with E-state index in [0.717, 1.165) is 18.6 Å². The van der Waals surface area contributed by atoms with Gasteiger partial charge in [-0.3, -0.25) is 4.79 Å². The normalized spacial score (nSPS) is 10.3. The molecule has 2 N–H and O–H groups in total. The zero-order valence-electron chi connectivity index (χ0n) is 10.1. The van der Waals surface area contributed by atoms with Crippen LogP contribution < -0.4 is 5.32 Å². The number of amides is 1. The molecule has 0 saturated carbocycles. The third kappa shape index (κ3) is 5.50. The average Bonchev–Trinajstić information content (AvgIpc) is 2.81. The second-order valence-electron chi connectivity index (χ2n) is 3.61. The van der Waals surface area contributed by atoms with Gasteiger partial charge in [-0.2, -0.15) is 11.8 Å². The van der Waals surface area contributed by atoms with Crippen molar-refractivity contribution in [1.82, 2.24) is 10.3 Å². The van der Waals surface area contributed by atoms with Gasteiger partial charge in [0.2, 0.25) is 5.91 Å². The predicted molar refractivity (Wildman–Crippen MR) is 73.2 cm³/mol. The molecule has 1 amide bonds. The summed E-state index contributed by atoms with van der Waals surface area (Å²) in [5.41, 5.74) is 0.0292. The molecule has 0 unspecified atom stereocenters. The van der Waals surface area contributed by atoms with Crippen molar-refractivity contribution in [2.75, 3.05) is 11.5 Å². The third-order valence-electron chi connectivity index (χ3n) is 2.08. The molecule has 100 valence electrons. The molecule has 5 nitrogen and oxygen atoms in total. The van der Waals surface area contributed by atoms with Gasteiger partial charge in [-0.05, 0) is 12.2 Å². The monoisotopic (exact) mass is 288 g/mol. The molecule has 0 aromatic carbocycles. The Kier molecular flexibility index (Phi) is 6.74. The van der Waals surface area contributed by atoms with Crippen LogP contribution in [0.1, 0.15) is 35.3 Å². The highest BCUT2D eigenvalue weighted by molar-refractivity contribution is 7.99. The SMILES string of the molecule is CCCCSCC(=O)NCc1nc(C(=O)O)cs1. The lowest BCUT2D eigenvalue weighted by Crippen LogP contribution is -2.24. The van der Waals surface area contributed by atoms with Crippen LogP contribution in [0.2, 0.25) is 0 Å².